The van der Waals surface area contributed by atoms with Crippen LogP contribution < -0.4 is 5.32 Å². The highest BCUT2D eigenvalue weighted by molar-refractivity contribution is 5.84. The Balaban J connectivity index is 1.84. The molecule has 0 bridgehead atoms. The maximum atomic E-state index is 13.5. The van der Waals surface area contributed by atoms with Crippen molar-refractivity contribution in [2.24, 2.45) is 5.92 Å². The molecular weight excluding hydrogens is 240 g/mol. The lowest BCUT2D eigenvalue weighted by molar-refractivity contribution is -0.164. The first-order valence-electron chi connectivity index (χ1n) is 5.88. The summed E-state index contributed by atoms with van der Waals surface area (Å²) in [5, 5.41) is 2.17. The first-order chi connectivity index (χ1) is 8.60. The van der Waals surface area contributed by atoms with Crippen molar-refractivity contribution in [3.8, 4) is 0 Å². The Labute approximate surface area is 104 Å². The summed E-state index contributed by atoms with van der Waals surface area (Å²) in [5.41, 5.74) is 0.932. The van der Waals surface area contributed by atoms with Gasteiger partial charge >= 0.3 is 5.92 Å². The molecule has 1 unspecified atom stereocenters. The van der Waals surface area contributed by atoms with Crippen LogP contribution in [0.1, 0.15) is 12.0 Å². The van der Waals surface area contributed by atoms with Crippen molar-refractivity contribution < 1.29 is 18.3 Å². The Morgan fingerprint density at radius 1 is 1.33 bits per heavy atom. The predicted octanol–water partition coefficient (Wildman–Crippen LogP) is 1.97. The molecule has 1 heterocycles. The van der Waals surface area contributed by atoms with Crippen LogP contribution in [-0.4, -0.2) is 25.0 Å². The Morgan fingerprint density at radius 2 is 2.06 bits per heavy atom. The summed E-state index contributed by atoms with van der Waals surface area (Å²) in [5.74, 6) is -5.55. The van der Waals surface area contributed by atoms with Gasteiger partial charge in [-0.15, -0.1) is 0 Å². The second kappa shape index (κ2) is 5.44. The minimum absolute atomic E-state index is 0.102. The molecule has 98 valence electrons. The zero-order chi connectivity index (χ0) is 13.0. The number of piperidine rings is 1. The topological polar surface area (TPSA) is 38.3 Å². The van der Waals surface area contributed by atoms with Gasteiger partial charge in [0.15, 0.2) is 0 Å². The number of nitrogens with one attached hydrogen (secondary N) is 1. The Hall–Kier alpha value is -1.49. The number of hydrogen-bond donors (Lipinski definition) is 1. The van der Waals surface area contributed by atoms with Crippen molar-refractivity contribution in [3.05, 3.63) is 35.9 Å². The lowest BCUT2D eigenvalue weighted by Crippen LogP contribution is -2.52. The molecule has 5 heteroatoms. The third-order valence-corrected chi connectivity index (χ3v) is 3.02. The van der Waals surface area contributed by atoms with Crippen LogP contribution >= 0.6 is 0 Å². The molecule has 1 aliphatic rings. The fourth-order valence-electron chi connectivity index (χ4n) is 1.93. The fraction of sp³-hybridized carbons (Fsp3) is 0.462. The summed E-state index contributed by atoms with van der Waals surface area (Å²) >= 11 is 0. The highest BCUT2D eigenvalue weighted by Crippen LogP contribution is 2.30. The number of carbonyl (C=O) groups excluding carboxylic acids is 1. The van der Waals surface area contributed by atoms with E-state index in [1.54, 1.807) is 0 Å². The van der Waals surface area contributed by atoms with Gasteiger partial charge in [-0.3, -0.25) is 4.79 Å². The summed E-state index contributed by atoms with van der Waals surface area (Å²) in [7, 11) is 0. The van der Waals surface area contributed by atoms with Gasteiger partial charge in [0.2, 0.25) is 0 Å². The van der Waals surface area contributed by atoms with Gasteiger partial charge in [-0.2, -0.15) is 8.78 Å². The Kier molecular flexibility index (Phi) is 3.91. The van der Waals surface area contributed by atoms with Gasteiger partial charge in [0.05, 0.1) is 19.1 Å². The molecule has 0 spiro atoms. The molecule has 1 atom stereocenters. The molecule has 0 aromatic heterocycles. The summed E-state index contributed by atoms with van der Waals surface area (Å²) in [6.07, 6.45) is 0.244. The van der Waals surface area contributed by atoms with Crippen LogP contribution in [0, 0.1) is 5.92 Å². The van der Waals surface area contributed by atoms with Crippen LogP contribution in [0.5, 0.6) is 0 Å². The second-order valence-corrected chi connectivity index (χ2v) is 4.37. The van der Waals surface area contributed by atoms with Crippen molar-refractivity contribution in [2.45, 2.75) is 19.0 Å². The van der Waals surface area contributed by atoms with Crippen molar-refractivity contribution in [1.29, 1.82) is 0 Å². The monoisotopic (exact) mass is 255 g/mol. The highest BCUT2D eigenvalue weighted by atomic mass is 19.3. The lowest BCUT2D eigenvalue weighted by Gasteiger charge is -2.30. The summed E-state index contributed by atoms with van der Waals surface area (Å²) in [6, 6.07) is 9.34. The van der Waals surface area contributed by atoms with Gasteiger partial charge in [-0.05, 0) is 12.0 Å². The third-order valence-electron chi connectivity index (χ3n) is 3.02. The summed E-state index contributed by atoms with van der Waals surface area (Å²) in [6.45, 7) is 0.470. The molecule has 1 aromatic carbocycles. The quantitative estimate of drug-likeness (QED) is 0.893. The van der Waals surface area contributed by atoms with E-state index in [1.807, 2.05) is 30.3 Å². The van der Waals surface area contributed by atoms with E-state index in [2.05, 4.69) is 5.32 Å². The van der Waals surface area contributed by atoms with Crippen molar-refractivity contribution in [1.82, 2.24) is 5.32 Å². The summed E-state index contributed by atoms with van der Waals surface area (Å²) in [4.78, 5) is 11.0. The van der Waals surface area contributed by atoms with E-state index < -0.39 is 17.7 Å². The smallest absolute Gasteiger partial charge is 0.329 e. The fourth-order valence-corrected chi connectivity index (χ4v) is 1.93. The van der Waals surface area contributed by atoms with E-state index in [1.165, 1.54) is 0 Å². The zero-order valence-corrected chi connectivity index (χ0v) is 9.86. The van der Waals surface area contributed by atoms with Gasteiger partial charge < -0.3 is 10.1 Å². The van der Waals surface area contributed by atoms with E-state index in [4.69, 9.17) is 4.74 Å². The number of halogens is 2. The molecular formula is C13H15F2NO2. The molecule has 1 fully saturated rings. The number of hydrogen-bond acceptors (Lipinski definition) is 2. The normalized spacial score (nSPS) is 22.6. The van der Waals surface area contributed by atoms with Gasteiger partial charge in [-0.1, -0.05) is 30.3 Å². The van der Waals surface area contributed by atoms with Crippen LogP contribution in [-0.2, 0) is 16.1 Å². The van der Waals surface area contributed by atoms with Crippen LogP contribution in [0.25, 0.3) is 0 Å². The van der Waals surface area contributed by atoms with E-state index in [-0.39, 0.29) is 26.2 Å². The first kappa shape index (κ1) is 13.0. The SMILES string of the molecule is O=C1NCCC(COCc2ccccc2)C1(F)F. The minimum Gasteiger partial charge on any atom is -0.376 e. The Morgan fingerprint density at radius 3 is 2.78 bits per heavy atom. The first-order valence-corrected chi connectivity index (χ1v) is 5.88. The lowest BCUT2D eigenvalue weighted by atomic mass is 9.94. The van der Waals surface area contributed by atoms with Crippen molar-refractivity contribution in [2.75, 3.05) is 13.2 Å². The molecule has 0 saturated carbocycles. The molecule has 1 aromatic rings. The van der Waals surface area contributed by atoms with Crippen LogP contribution in [0.3, 0.4) is 0 Å². The number of benzene rings is 1. The summed E-state index contributed by atoms with van der Waals surface area (Å²) < 4.78 is 32.3. The largest absolute Gasteiger partial charge is 0.376 e. The Bertz CT molecular complexity index is 409. The van der Waals surface area contributed by atoms with Crippen molar-refractivity contribution >= 4 is 5.91 Å². The van der Waals surface area contributed by atoms with Crippen LogP contribution in [0.4, 0.5) is 8.78 Å². The zero-order valence-electron chi connectivity index (χ0n) is 9.86. The van der Waals surface area contributed by atoms with Crippen molar-refractivity contribution in [3.63, 3.8) is 0 Å². The average molecular weight is 255 g/mol. The molecule has 3 nitrogen and oxygen atoms in total. The third kappa shape index (κ3) is 2.85. The van der Waals surface area contributed by atoms with E-state index in [9.17, 15) is 13.6 Å². The number of rotatable bonds is 4. The standard InChI is InChI=1S/C13H15F2NO2/c14-13(15)11(6-7-16-12(13)17)9-18-8-10-4-2-1-3-5-10/h1-5,11H,6-9H2,(H,16,17). The minimum atomic E-state index is -3.32. The molecule has 1 N–H and O–H groups in total. The van der Waals surface area contributed by atoms with Gasteiger partial charge in [0, 0.05) is 6.54 Å². The molecule has 2 rings (SSSR count). The number of alkyl halides is 2. The van der Waals surface area contributed by atoms with Crippen LogP contribution in [0.2, 0.25) is 0 Å². The molecule has 0 radical (unpaired) electrons. The molecule has 1 saturated heterocycles. The second-order valence-electron chi connectivity index (χ2n) is 4.37. The van der Waals surface area contributed by atoms with Gasteiger partial charge in [0.1, 0.15) is 0 Å². The molecule has 1 amide bonds. The molecule has 1 aliphatic heterocycles. The van der Waals surface area contributed by atoms with Gasteiger partial charge in [-0.25, -0.2) is 0 Å². The number of amides is 1. The van der Waals surface area contributed by atoms with Crippen LogP contribution in [0.15, 0.2) is 30.3 Å². The van der Waals surface area contributed by atoms with Gasteiger partial charge in [0.25, 0.3) is 5.91 Å². The van der Waals surface area contributed by atoms with E-state index in [0.29, 0.717) is 0 Å². The number of carbonyl (C=O) groups is 1. The maximum Gasteiger partial charge on any atom is 0.329 e. The highest BCUT2D eigenvalue weighted by Gasteiger charge is 2.49. The average Bonchev–Trinajstić information content (AvgIpc) is 2.36. The maximum absolute atomic E-state index is 13.5. The predicted molar refractivity (Wildman–Crippen MR) is 62.2 cm³/mol. The number of ether oxygens (including phenoxy) is 1. The molecule has 18 heavy (non-hydrogen) atoms. The van der Waals surface area contributed by atoms with E-state index in [0.717, 1.165) is 5.56 Å². The molecule has 0 aliphatic carbocycles. The van der Waals surface area contributed by atoms with E-state index >= 15 is 0 Å².